The predicted octanol–water partition coefficient (Wildman–Crippen LogP) is 3.14. The first-order valence-corrected chi connectivity index (χ1v) is 4.75. The maximum Gasteiger partial charge on any atom is 0.137 e. The molecule has 0 saturated carbocycles. The molecule has 2 heterocycles. The molecule has 14 heavy (non-hydrogen) atoms. The van der Waals surface area contributed by atoms with E-state index in [-0.39, 0.29) is 0 Å². The number of hydrogen-bond donors (Lipinski definition) is 0. The van der Waals surface area contributed by atoms with Crippen molar-refractivity contribution in [1.82, 2.24) is 9.38 Å². The first kappa shape index (κ1) is 7.83. The third kappa shape index (κ3) is 1.01. The first-order valence-electron chi connectivity index (χ1n) is 4.37. The average molecular weight is 203 g/mol. The van der Waals surface area contributed by atoms with Gasteiger partial charge in [-0.2, -0.15) is 0 Å². The van der Waals surface area contributed by atoms with Gasteiger partial charge in [-0.1, -0.05) is 23.7 Å². The van der Waals surface area contributed by atoms with E-state index in [1.807, 2.05) is 47.0 Å². The van der Waals surface area contributed by atoms with Gasteiger partial charge in [-0.3, -0.25) is 4.40 Å². The summed E-state index contributed by atoms with van der Waals surface area (Å²) in [5, 5.41) is 0.723. The van der Waals surface area contributed by atoms with Crippen LogP contribution in [0, 0.1) is 0 Å². The Bertz CT molecular complexity index is 613. The third-order valence-corrected chi connectivity index (χ3v) is 2.49. The van der Waals surface area contributed by atoms with Crippen LogP contribution in [-0.4, -0.2) is 9.38 Å². The molecule has 2 aromatic heterocycles. The van der Waals surface area contributed by atoms with E-state index in [9.17, 15) is 0 Å². The molecule has 0 bridgehead atoms. The van der Waals surface area contributed by atoms with Crippen molar-refractivity contribution in [3.8, 4) is 0 Å². The van der Waals surface area contributed by atoms with Gasteiger partial charge in [0.2, 0.25) is 0 Å². The lowest BCUT2D eigenvalue weighted by atomic mass is 10.3. The fourth-order valence-electron chi connectivity index (χ4n) is 1.64. The second kappa shape index (κ2) is 2.72. The van der Waals surface area contributed by atoms with Gasteiger partial charge < -0.3 is 0 Å². The van der Waals surface area contributed by atoms with Gasteiger partial charge in [-0.25, -0.2) is 4.98 Å². The number of fused-ring (bicyclic) bond motifs is 3. The van der Waals surface area contributed by atoms with E-state index >= 15 is 0 Å². The summed E-state index contributed by atoms with van der Waals surface area (Å²) in [6.07, 6.45) is 1.88. The number of nitrogens with zero attached hydrogens (tertiary/aromatic N) is 2. The van der Waals surface area contributed by atoms with Crippen LogP contribution in [0.25, 0.3) is 16.7 Å². The Kier molecular flexibility index (Phi) is 1.52. The monoisotopic (exact) mass is 202 g/mol. The molecule has 3 aromatic rings. The molecule has 1 aromatic carbocycles. The molecule has 3 rings (SSSR count). The van der Waals surface area contributed by atoms with Crippen LogP contribution in [0.15, 0.2) is 42.6 Å². The number of para-hydroxylation sites is 2. The first-order chi connectivity index (χ1) is 6.84. The summed E-state index contributed by atoms with van der Waals surface area (Å²) < 4.78 is 2.00. The van der Waals surface area contributed by atoms with E-state index in [0.29, 0.717) is 0 Å². The van der Waals surface area contributed by atoms with Crippen molar-refractivity contribution in [2.75, 3.05) is 0 Å². The van der Waals surface area contributed by atoms with Crippen LogP contribution in [-0.2, 0) is 0 Å². The van der Waals surface area contributed by atoms with Crippen LogP contribution in [0.4, 0.5) is 0 Å². The molecular weight excluding hydrogens is 196 g/mol. The molecule has 0 amide bonds. The standard InChI is InChI=1S/C11H7ClN2/c12-8-5-6-11-13-9-3-1-2-4-10(9)14(11)7-8/h1-7H. The van der Waals surface area contributed by atoms with Gasteiger partial charge in [-0.15, -0.1) is 0 Å². The zero-order chi connectivity index (χ0) is 9.54. The molecule has 0 aliphatic carbocycles. The molecule has 0 aliphatic heterocycles. The minimum absolute atomic E-state index is 0.723. The molecule has 2 nitrogen and oxygen atoms in total. The molecule has 0 saturated heterocycles. The SMILES string of the molecule is Clc1ccc2nc3ccccc3n2c1. The van der Waals surface area contributed by atoms with E-state index in [0.717, 1.165) is 21.7 Å². The van der Waals surface area contributed by atoms with Crippen molar-refractivity contribution in [1.29, 1.82) is 0 Å². The highest BCUT2D eigenvalue weighted by molar-refractivity contribution is 6.30. The molecular formula is C11H7ClN2. The Hall–Kier alpha value is -1.54. The van der Waals surface area contributed by atoms with Crippen LogP contribution in [0.3, 0.4) is 0 Å². The van der Waals surface area contributed by atoms with E-state index in [1.165, 1.54) is 0 Å². The summed E-state index contributed by atoms with van der Waals surface area (Å²) >= 11 is 5.93. The van der Waals surface area contributed by atoms with Gasteiger partial charge in [0.25, 0.3) is 0 Å². The van der Waals surface area contributed by atoms with Gasteiger partial charge in [0.05, 0.1) is 16.1 Å². The van der Waals surface area contributed by atoms with Gasteiger partial charge in [0.1, 0.15) is 5.65 Å². The lowest BCUT2D eigenvalue weighted by Gasteiger charge is -1.94. The summed E-state index contributed by atoms with van der Waals surface area (Å²) in [7, 11) is 0. The van der Waals surface area contributed by atoms with Crippen molar-refractivity contribution in [3.05, 3.63) is 47.6 Å². The minimum atomic E-state index is 0.723. The van der Waals surface area contributed by atoms with Crippen molar-refractivity contribution in [3.63, 3.8) is 0 Å². The Morgan fingerprint density at radius 3 is 2.86 bits per heavy atom. The average Bonchev–Trinajstić information content (AvgIpc) is 2.56. The smallest absolute Gasteiger partial charge is 0.137 e. The summed E-state index contributed by atoms with van der Waals surface area (Å²) in [5.74, 6) is 0. The fraction of sp³-hybridized carbons (Fsp3) is 0. The summed E-state index contributed by atoms with van der Waals surface area (Å²) in [4.78, 5) is 4.46. The maximum absolute atomic E-state index is 5.93. The fourth-order valence-corrected chi connectivity index (χ4v) is 1.80. The highest BCUT2D eigenvalue weighted by atomic mass is 35.5. The van der Waals surface area contributed by atoms with Gasteiger partial charge in [0, 0.05) is 6.20 Å². The Balaban J connectivity index is 2.58. The van der Waals surface area contributed by atoms with E-state index < -0.39 is 0 Å². The van der Waals surface area contributed by atoms with E-state index in [1.54, 1.807) is 0 Å². The molecule has 0 spiro atoms. The van der Waals surface area contributed by atoms with Gasteiger partial charge in [-0.05, 0) is 24.3 Å². The number of benzene rings is 1. The summed E-state index contributed by atoms with van der Waals surface area (Å²) in [6, 6.07) is 11.8. The quantitative estimate of drug-likeness (QED) is 0.548. The molecule has 3 heteroatoms. The zero-order valence-corrected chi connectivity index (χ0v) is 8.07. The molecule has 0 N–H and O–H groups in total. The zero-order valence-electron chi connectivity index (χ0n) is 7.31. The molecule has 0 fully saturated rings. The second-order valence-electron chi connectivity index (χ2n) is 3.18. The summed E-state index contributed by atoms with van der Waals surface area (Å²) in [5.41, 5.74) is 3.01. The minimum Gasteiger partial charge on any atom is -0.298 e. The van der Waals surface area contributed by atoms with E-state index in [4.69, 9.17) is 11.6 Å². The van der Waals surface area contributed by atoms with Crippen molar-refractivity contribution < 1.29 is 0 Å². The van der Waals surface area contributed by atoms with Crippen LogP contribution < -0.4 is 0 Å². The molecule has 0 atom stereocenters. The topological polar surface area (TPSA) is 17.3 Å². The number of aromatic nitrogens is 2. The van der Waals surface area contributed by atoms with Crippen LogP contribution in [0.1, 0.15) is 0 Å². The van der Waals surface area contributed by atoms with Gasteiger partial charge >= 0.3 is 0 Å². The maximum atomic E-state index is 5.93. The number of rotatable bonds is 0. The van der Waals surface area contributed by atoms with Gasteiger partial charge in [0.15, 0.2) is 0 Å². The largest absolute Gasteiger partial charge is 0.298 e. The highest BCUT2D eigenvalue weighted by Crippen LogP contribution is 2.18. The number of pyridine rings is 1. The Morgan fingerprint density at radius 1 is 1.07 bits per heavy atom. The predicted molar refractivity (Wildman–Crippen MR) is 57.7 cm³/mol. The second-order valence-corrected chi connectivity index (χ2v) is 3.61. The Morgan fingerprint density at radius 2 is 1.93 bits per heavy atom. The molecule has 0 aliphatic rings. The lowest BCUT2D eigenvalue weighted by Crippen LogP contribution is -1.82. The van der Waals surface area contributed by atoms with Crippen molar-refractivity contribution in [2.24, 2.45) is 0 Å². The third-order valence-electron chi connectivity index (χ3n) is 2.27. The molecule has 0 radical (unpaired) electrons. The lowest BCUT2D eigenvalue weighted by molar-refractivity contribution is 1.23. The highest BCUT2D eigenvalue weighted by Gasteiger charge is 2.02. The number of hydrogen-bond acceptors (Lipinski definition) is 1. The van der Waals surface area contributed by atoms with Crippen molar-refractivity contribution >= 4 is 28.3 Å². The van der Waals surface area contributed by atoms with Crippen LogP contribution in [0.5, 0.6) is 0 Å². The normalized spacial score (nSPS) is 11.2. The molecule has 68 valence electrons. The van der Waals surface area contributed by atoms with E-state index in [2.05, 4.69) is 4.98 Å². The number of imidazole rings is 1. The number of halogens is 1. The van der Waals surface area contributed by atoms with Crippen molar-refractivity contribution in [2.45, 2.75) is 0 Å². The van der Waals surface area contributed by atoms with Crippen LogP contribution >= 0.6 is 11.6 Å². The molecule has 0 unspecified atom stereocenters. The Labute approximate surface area is 85.8 Å². The van der Waals surface area contributed by atoms with Crippen LogP contribution in [0.2, 0.25) is 5.02 Å². The summed E-state index contributed by atoms with van der Waals surface area (Å²) in [6.45, 7) is 0.